The maximum Gasteiger partial charge on any atom is 0.301 e. The summed E-state index contributed by atoms with van der Waals surface area (Å²) in [5, 5.41) is 0.548. The van der Waals surface area contributed by atoms with Crippen LogP contribution in [0.4, 0.5) is 5.69 Å². The number of nitrogens with one attached hydrogen (secondary N) is 1. The molecule has 5 rings (SSSR count). The van der Waals surface area contributed by atoms with Crippen LogP contribution in [0.15, 0.2) is 54.6 Å². The molecule has 4 aromatic rings. The van der Waals surface area contributed by atoms with Gasteiger partial charge in [-0.05, 0) is 56.3 Å². The van der Waals surface area contributed by atoms with Crippen LogP contribution in [0.3, 0.4) is 0 Å². The summed E-state index contributed by atoms with van der Waals surface area (Å²) >= 11 is 6.56. The Kier molecular flexibility index (Phi) is 6.07. The van der Waals surface area contributed by atoms with Gasteiger partial charge in [0.2, 0.25) is 0 Å². The number of fused-ring (bicyclic) bond motifs is 1. The number of benzene rings is 2. The molecule has 1 N–H and O–H groups in total. The maximum atomic E-state index is 6.56. The van der Waals surface area contributed by atoms with E-state index >= 15 is 0 Å². The van der Waals surface area contributed by atoms with E-state index in [9.17, 15) is 0 Å². The van der Waals surface area contributed by atoms with E-state index in [1.54, 1.807) is 0 Å². The van der Waals surface area contributed by atoms with Gasteiger partial charge in [-0.2, -0.15) is 4.98 Å². The number of hydrogen-bond acceptors (Lipinski definition) is 6. The third-order valence-electron chi connectivity index (χ3n) is 5.33. The number of nitrogens with zero attached hydrogens (tertiary/aromatic N) is 3. The molecule has 33 heavy (non-hydrogen) atoms. The second-order valence-corrected chi connectivity index (χ2v) is 8.53. The number of rotatable bonds is 6. The van der Waals surface area contributed by atoms with E-state index in [1.165, 1.54) is 5.69 Å². The lowest BCUT2D eigenvalue weighted by Crippen LogP contribution is -2.36. The molecule has 2 aromatic carbocycles. The Balaban J connectivity index is 1.35. The molecule has 170 valence electrons. The van der Waals surface area contributed by atoms with E-state index in [2.05, 4.69) is 32.0 Å². The predicted molar refractivity (Wildman–Crippen MR) is 130 cm³/mol. The standard InChI is InChI=1S/C25H25ClN4O3/c1-16(2)32-19-7-9-20(10-8-19)33-25-27-22-15-21(26)23(28-24(22)29-25)17-3-5-18(6-4-17)30-11-13-31-14-12-30/h3-10,15-16H,11-14H2,1-2H3,(H,27,28,29). The van der Waals surface area contributed by atoms with Crippen molar-refractivity contribution in [3.63, 3.8) is 0 Å². The predicted octanol–water partition coefficient (Wildman–Crippen LogP) is 5.69. The average molecular weight is 465 g/mol. The lowest BCUT2D eigenvalue weighted by molar-refractivity contribution is 0.122. The molecule has 0 unspecified atom stereocenters. The van der Waals surface area contributed by atoms with Gasteiger partial charge in [-0.1, -0.05) is 23.7 Å². The van der Waals surface area contributed by atoms with Crippen LogP contribution in [-0.4, -0.2) is 47.4 Å². The summed E-state index contributed by atoms with van der Waals surface area (Å²) in [4.78, 5) is 14.6. The minimum atomic E-state index is 0.118. The van der Waals surface area contributed by atoms with Crippen LogP contribution in [0, 0.1) is 0 Å². The van der Waals surface area contributed by atoms with Gasteiger partial charge in [-0.3, -0.25) is 0 Å². The monoisotopic (exact) mass is 464 g/mol. The van der Waals surface area contributed by atoms with Gasteiger partial charge in [-0.25, -0.2) is 4.98 Å². The van der Waals surface area contributed by atoms with Crippen molar-refractivity contribution in [2.75, 3.05) is 31.2 Å². The number of imidazole rings is 1. The zero-order valence-corrected chi connectivity index (χ0v) is 19.3. The highest BCUT2D eigenvalue weighted by Gasteiger charge is 2.15. The lowest BCUT2D eigenvalue weighted by atomic mass is 10.1. The summed E-state index contributed by atoms with van der Waals surface area (Å²) in [6.45, 7) is 7.28. The van der Waals surface area contributed by atoms with Crippen molar-refractivity contribution in [1.29, 1.82) is 0 Å². The van der Waals surface area contributed by atoms with Gasteiger partial charge >= 0.3 is 6.01 Å². The number of anilines is 1. The fourth-order valence-electron chi connectivity index (χ4n) is 3.77. The molecule has 1 aliphatic heterocycles. The maximum absolute atomic E-state index is 6.56. The van der Waals surface area contributed by atoms with E-state index < -0.39 is 0 Å². The SMILES string of the molecule is CC(C)Oc1ccc(Oc2nc3nc(-c4ccc(N5CCOCC5)cc4)c(Cl)cc3[nH]2)cc1. The first kappa shape index (κ1) is 21.6. The third kappa shape index (κ3) is 4.89. The molecular weight excluding hydrogens is 440 g/mol. The van der Waals surface area contributed by atoms with Crippen LogP contribution >= 0.6 is 11.6 Å². The number of H-pyrrole nitrogens is 1. The fourth-order valence-corrected chi connectivity index (χ4v) is 4.03. The Hall–Kier alpha value is -3.29. The Labute approximate surface area is 197 Å². The number of morpholine rings is 1. The van der Waals surface area contributed by atoms with Gasteiger partial charge in [0, 0.05) is 24.3 Å². The minimum absolute atomic E-state index is 0.118. The Morgan fingerprint density at radius 3 is 2.36 bits per heavy atom. The molecule has 1 fully saturated rings. The highest BCUT2D eigenvalue weighted by molar-refractivity contribution is 6.33. The highest BCUT2D eigenvalue weighted by Crippen LogP contribution is 2.32. The van der Waals surface area contributed by atoms with Crippen molar-refractivity contribution in [3.05, 3.63) is 59.6 Å². The van der Waals surface area contributed by atoms with Gasteiger partial charge in [0.15, 0.2) is 5.65 Å². The molecule has 0 atom stereocenters. The molecule has 8 heteroatoms. The van der Waals surface area contributed by atoms with Gasteiger partial charge in [-0.15, -0.1) is 0 Å². The molecule has 2 aromatic heterocycles. The zero-order valence-electron chi connectivity index (χ0n) is 18.5. The van der Waals surface area contributed by atoms with Crippen LogP contribution in [0.25, 0.3) is 22.4 Å². The Morgan fingerprint density at radius 1 is 0.970 bits per heavy atom. The van der Waals surface area contributed by atoms with Crippen molar-refractivity contribution in [2.45, 2.75) is 20.0 Å². The first-order valence-corrected chi connectivity index (χ1v) is 11.4. The molecule has 0 bridgehead atoms. The van der Waals surface area contributed by atoms with Crippen LogP contribution in [0.1, 0.15) is 13.8 Å². The number of aromatic amines is 1. The van der Waals surface area contributed by atoms with Gasteiger partial charge in [0.1, 0.15) is 11.5 Å². The van der Waals surface area contributed by atoms with E-state index in [1.807, 2.05) is 56.3 Å². The van der Waals surface area contributed by atoms with E-state index in [0.717, 1.165) is 37.6 Å². The quantitative estimate of drug-likeness (QED) is 0.395. The third-order valence-corrected chi connectivity index (χ3v) is 5.62. The zero-order chi connectivity index (χ0) is 22.8. The average Bonchev–Trinajstić information content (AvgIpc) is 3.21. The summed E-state index contributed by atoms with van der Waals surface area (Å²) in [5.74, 6) is 1.44. The van der Waals surface area contributed by atoms with Crippen molar-refractivity contribution in [3.8, 4) is 28.8 Å². The van der Waals surface area contributed by atoms with Crippen LogP contribution < -0.4 is 14.4 Å². The highest BCUT2D eigenvalue weighted by atomic mass is 35.5. The molecule has 0 amide bonds. The van der Waals surface area contributed by atoms with Crippen molar-refractivity contribution < 1.29 is 14.2 Å². The topological polar surface area (TPSA) is 72.5 Å². The molecule has 0 saturated carbocycles. The summed E-state index contributed by atoms with van der Waals surface area (Å²) in [6, 6.07) is 17.9. The second kappa shape index (κ2) is 9.29. The Bertz CT molecular complexity index is 1230. The van der Waals surface area contributed by atoms with Crippen LogP contribution in [-0.2, 0) is 4.74 Å². The number of ether oxygens (including phenoxy) is 3. The van der Waals surface area contributed by atoms with E-state index in [0.29, 0.717) is 33.6 Å². The van der Waals surface area contributed by atoms with Crippen molar-refractivity contribution >= 4 is 28.5 Å². The molecule has 1 aliphatic rings. The summed E-state index contributed by atoms with van der Waals surface area (Å²) in [7, 11) is 0. The molecule has 0 aliphatic carbocycles. The molecule has 3 heterocycles. The van der Waals surface area contributed by atoms with Gasteiger partial charge in [0.25, 0.3) is 0 Å². The van der Waals surface area contributed by atoms with Crippen LogP contribution in [0.2, 0.25) is 5.02 Å². The number of halogens is 1. The van der Waals surface area contributed by atoms with E-state index in [-0.39, 0.29) is 6.10 Å². The summed E-state index contributed by atoms with van der Waals surface area (Å²) in [5.41, 5.74) is 4.04. The number of pyridine rings is 1. The summed E-state index contributed by atoms with van der Waals surface area (Å²) < 4.78 is 17.0. The fraction of sp³-hybridized carbons (Fsp3) is 0.280. The minimum Gasteiger partial charge on any atom is -0.491 e. The molecule has 0 spiro atoms. The van der Waals surface area contributed by atoms with Gasteiger partial charge in [0.05, 0.1) is 35.6 Å². The summed E-state index contributed by atoms with van der Waals surface area (Å²) in [6.07, 6.45) is 0.118. The smallest absolute Gasteiger partial charge is 0.301 e. The molecule has 1 saturated heterocycles. The van der Waals surface area contributed by atoms with Crippen LogP contribution in [0.5, 0.6) is 17.5 Å². The molecule has 0 radical (unpaired) electrons. The number of aromatic nitrogens is 3. The van der Waals surface area contributed by atoms with Crippen molar-refractivity contribution in [1.82, 2.24) is 15.0 Å². The second-order valence-electron chi connectivity index (χ2n) is 8.12. The van der Waals surface area contributed by atoms with Gasteiger partial charge < -0.3 is 24.1 Å². The van der Waals surface area contributed by atoms with E-state index in [4.69, 9.17) is 25.8 Å². The largest absolute Gasteiger partial charge is 0.491 e. The number of hydrogen-bond donors (Lipinski definition) is 1. The molecular formula is C25H25ClN4O3. The first-order chi connectivity index (χ1) is 16.0. The first-order valence-electron chi connectivity index (χ1n) is 11.0. The normalized spacial score (nSPS) is 14.1. The Morgan fingerprint density at radius 2 is 1.67 bits per heavy atom. The molecule has 7 nitrogen and oxygen atoms in total. The van der Waals surface area contributed by atoms with Crippen molar-refractivity contribution in [2.24, 2.45) is 0 Å². The lowest BCUT2D eigenvalue weighted by Gasteiger charge is -2.28.